The topological polar surface area (TPSA) is 34.1 Å². The van der Waals surface area contributed by atoms with Crippen molar-refractivity contribution in [2.75, 3.05) is 0 Å². The highest BCUT2D eigenvalue weighted by Gasteiger charge is 2.20. The van der Waals surface area contributed by atoms with E-state index in [-0.39, 0.29) is 0 Å². The molecular weight excluding hydrogens is 164 g/mol. The van der Waals surface area contributed by atoms with Crippen molar-refractivity contribution in [1.82, 2.24) is 0 Å². The van der Waals surface area contributed by atoms with Crippen LogP contribution in [-0.2, 0) is 9.59 Å². The Morgan fingerprint density at radius 1 is 0.923 bits per heavy atom. The Balaban J connectivity index is 2.14. The van der Waals surface area contributed by atoms with Crippen LogP contribution in [0.5, 0.6) is 0 Å². The molecule has 0 spiro atoms. The van der Waals surface area contributed by atoms with Gasteiger partial charge in [-0.3, -0.25) is 0 Å². The molecule has 0 amide bonds. The van der Waals surface area contributed by atoms with Gasteiger partial charge in [0.15, 0.2) is 0 Å². The summed E-state index contributed by atoms with van der Waals surface area (Å²) in [6.45, 7) is 0. The van der Waals surface area contributed by atoms with Gasteiger partial charge in [-0.15, -0.1) is 0 Å². The standard InChI is InChI=1S/C11H18O2/c12-8-1-2-10-3-5-11(6-4-10)7-9-13/h8-11H,1-7H2. The SMILES string of the molecule is O=CCCC1CCC(CC=O)CC1. The fourth-order valence-corrected chi connectivity index (χ4v) is 2.20. The van der Waals surface area contributed by atoms with Gasteiger partial charge in [-0.05, 0) is 31.1 Å². The summed E-state index contributed by atoms with van der Waals surface area (Å²) in [5, 5.41) is 0. The third-order valence-corrected chi connectivity index (χ3v) is 3.09. The summed E-state index contributed by atoms with van der Waals surface area (Å²) in [6.07, 6.45) is 9.35. The van der Waals surface area contributed by atoms with Crippen molar-refractivity contribution in [2.45, 2.75) is 44.9 Å². The maximum Gasteiger partial charge on any atom is 0.120 e. The van der Waals surface area contributed by atoms with Crippen LogP contribution in [0, 0.1) is 11.8 Å². The average molecular weight is 182 g/mol. The zero-order chi connectivity index (χ0) is 9.52. The smallest absolute Gasteiger partial charge is 0.120 e. The lowest BCUT2D eigenvalue weighted by Crippen LogP contribution is -2.14. The van der Waals surface area contributed by atoms with Crippen LogP contribution in [0.15, 0.2) is 0 Å². The van der Waals surface area contributed by atoms with Crippen molar-refractivity contribution >= 4 is 12.6 Å². The van der Waals surface area contributed by atoms with Crippen molar-refractivity contribution < 1.29 is 9.59 Å². The second kappa shape index (κ2) is 5.90. The Morgan fingerprint density at radius 3 is 2.08 bits per heavy atom. The second-order valence-electron chi connectivity index (χ2n) is 4.03. The van der Waals surface area contributed by atoms with Gasteiger partial charge >= 0.3 is 0 Å². The van der Waals surface area contributed by atoms with Crippen LogP contribution < -0.4 is 0 Å². The lowest BCUT2D eigenvalue weighted by molar-refractivity contribution is -0.109. The zero-order valence-corrected chi connectivity index (χ0v) is 8.08. The van der Waals surface area contributed by atoms with Gasteiger partial charge < -0.3 is 9.59 Å². The fourth-order valence-electron chi connectivity index (χ4n) is 2.20. The van der Waals surface area contributed by atoms with E-state index in [0.717, 1.165) is 31.3 Å². The molecule has 1 fully saturated rings. The molecule has 2 heteroatoms. The lowest BCUT2D eigenvalue weighted by Gasteiger charge is -2.26. The molecule has 1 aliphatic rings. The molecule has 0 atom stereocenters. The van der Waals surface area contributed by atoms with E-state index in [9.17, 15) is 9.59 Å². The van der Waals surface area contributed by atoms with Gasteiger partial charge in [0.25, 0.3) is 0 Å². The van der Waals surface area contributed by atoms with Crippen LogP contribution in [0.3, 0.4) is 0 Å². The number of hydrogen-bond acceptors (Lipinski definition) is 2. The van der Waals surface area contributed by atoms with Crippen molar-refractivity contribution in [3.63, 3.8) is 0 Å². The monoisotopic (exact) mass is 182 g/mol. The summed E-state index contributed by atoms with van der Waals surface area (Å²) in [4.78, 5) is 20.4. The number of carbonyl (C=O) groups excluding carboxylic acids is 2. The highest BCUT2D eigenvalue weighted by molar-refractivity contribution is 5.49. The normalized spacial score (nSPS) is 28.3. The van der Waals surface area contributed by atoms with Crippen LogP contribution in [0.4, 0.5) is 0 Å². The van der Waals surface area contributed by atoms with E-state index in [1.165, 1.54) is 25.7 Å². The summed E-state index contributed by atoms with van der Waals surface area (Å²) in [5.41, 5.74) is 0. The molecule has 0 bridgehead atoms. The third-order valence-electron chi connectivity index (χ3n) is 3.09. The maximum absolute atomic E-state index is 10.3. The van der Waals surface area contributed by atoms with Gasteiger partial charge in [-0.25, -0.2) is 0 Å². The highest BCUT2D eigenvalue weighted by atomic mass is 16.1. The summed E-state index contributed by atoms with van der Waals surface area (Å²) in [5.74, 6) is 1.37. The van der Waals surface area contributed by atoms with Gasteiger partial charge in [0, 0.05) is 12.8 Å². The number of carbonyl (C=O) groups is 2. The minimum Gasteiger partial charge on any atom is -0.303 e. The lowest BCUT2D eigenvalue weighted by atomic mass is 9.79. The van der Waals surface area contributed by atoms with Crippen molar-refractivity contribution in [1.29, 1.82) is 0 Å². The summed E-state index contributed by atoms with van der Waals surface area (Å²) in [6, 6.07) is 0. The molecule has 0 saturated heterocycles. The first-order valence-electron chi connectivity index (χ1n) is 5.24. The summed E-state index contributed by atoms with van der Waals surface area (Å²) < 4.78 is 0. The van der Waals surface area contributed by atoms with Crippen molar-refractivity contribution in [3.05, 3.63) is 0 Å². The van der Waals surface area contributed by atoms with E-state index in [2.05, 4.69) is 0 Å². The molecule has 2 nitrogen and oxygen atoms in total. The minimum atomic E-state index is 0.630. The fraction of sp³-hybridized carbons (Fsp3) is 0.818. The molecule has 0 aromatic carbocycles. The Bertz CT molecular complexity index is 157. The number of hydrogen-bond donors (Lipinski definition) is 0. The van der Waals surface area contributed by atoms with Crippen LogP contribution in [0.25, 0.3) is 0 Å². The number of aldehydes is 2. The zero-order valence-electron chi connectivity index (χ0n) is 8.08. The largest absolute Gasteiger partial charge is 0.303 e. The first-order valence-corrected chi connectivity index (χ1v) is 5.24. The van der Waals surface area contributed by atoms with Gasteiger partial charge in [0.1, 0.15) is 12.6 Å². The van der Waals surface area contributed by atoms with Crippen LogP contribution >= 0.6 is 0 Å². The van der Waals surface area contributed by atoms with E-state index in [1.807, 2.05) is 0 Å². The van der Waals surface area contributed by atoms with Crippen LogP contribution in [-0.4, -0.2) is 12.6 Å². The quantitative estimate of drug-likeness (QED) is 0.612. The molecule has 0 aliphatic heterocycles. The van der Waals surface area contributed by atoms with Gasteiger partial charge in [-0.2, -0.15) is 0 Å². The predicted octanol–water partition coefficient (Wildman–Crippen LogP) is 2.36. The molecular formula is C11H18O2. The molecule has 1 saturated carbocycles. The first kappa shape index (κ1) is 10.4. The summed E-state index contributed by atoms with van der Waals surface area (Å²) in [7, 11) is 0. The Kier molecular flexibility index (Phi) is 4.73. The van der Waals surface area contributed by atoms with Crippen LogP contribution in [0.1, 0.15) is 44.9 Å². The van der Waals surface area contributed by atoms with E-state index < -0.39 is 0 Å². The van der Waals surface area contributed by atoms with E-state index in [1.54, 1.807) is 0 Å². The average Bonchev–Trinajstić information content (AvgIpc) is 2.17. The molecule has 74 valence electrons. The van der Waals surface area contributed by atoms with E-state index in [4.69, 9.17) is 0 Å². The molecule has 13 heavy (non-hydrogen) atoms. The highest BCUT2D eigenvalue weighted by Crippen LogP contribution is 2.32. The summed E-state index contributed by atoms with van der Waals surface area (Å²) >= 11 is 0. The van der Waals surface area contributed by atoms with Crippen molar-refractivity contribution in [3.8, 4) is 0 Å². The predicted molar refractivity (Wildman–Crippen MR) is 51.4 cm³/mol. The van der Waals surface area contributed by atoms with E-state index in [0.29, 0.717) is 12.3 Å². The number of rotatable bonds is 5. The molecule has 0 unspecified atom stereocenters. The maximum atomic E-state index is 10.3. The van der Waals surface area contributed by atoms with Crippen molar-refractivity contribution in [2.24, 2.45) is 11.8 Å². The van der Waals surface area contributed by atoms with Crippen LogP contribution in [0.2, 0.25) is 0 Å². The molecule has 1 aliphatic carbocycles. The molecule has 0 heterocycles. The van der Waals surface area contributed by atoms with Gasteiger partial charge in [0.2, 0.25) is 0 Å². The van der Waals surface area contributed by atoms with E-state index >= 15 is 0 Å². The minimum absolute atomic E-state index is 0.630. The Hall–Kier alpha value is -0.660. The van der Waals surface area contributed by atoms with Gasteiger partial charge in [0.05, 0.1) is 0 Å². The first-order chi connectivity index (χ1) is 6.36. The molecule has 1 rings (SSSR count). The third kappa shape index (κ3) is 3.71. The second-order valence-corrected chi connectivity index (χ2v) is 4.03. The molecule has 0 aromatic rings. The van der Waals surface area contributed by atoms with Gasteiger partial charge in [-0.1, -0.05) is 12.8 Å². The molecule has 0 radical (unpaired) electrons. The molecule has 0 N–H and O–H groups in total. The Labute approximate surface area is 79.7 Å². The Morgan fingerprint density at radius 2 is 1.54 bits per heavy atom. The molecule has 0 aromatic heterocycles.